The third-order valence-corrected chi connectivity index (χ3v) is 4.55. The zero-order chi connectivity index (χ0) is 15.6. The number of imidazole rings is 1. The Hall–Kier alpha value is -2.44. The van der Waals surface area contributed by atoms with Gasteiger partial charge in [0.05, 0.1) is 6.54 Å². The van der Waals surface area contributed by atoms with Gasteiger partial charge in [0.15, 0.2) is 0 Å². The van der Waals surface area contributed by atoms with Crippen LogP contribution in [-0.2, 0) is 17.9 Å². The van der Waals surface area contributed by atoms with Crippen molar-refractivity contribution in [1.29, 1.82) is 0 Å². The zero-order valence-electron chi connectivity index (χ0n) is 13.0. The van der Waals surface area contributed by atoms with E-state index in [0.717, 1.165) is 44.4 Å². The maximum atomic E-state index is 11.9. The van der Waals surface area contributed by atoms with Gasteiger partial charge in [-0.2, -0.15) is 0 Å². The van der Waals surface area contributed by atoms with Crippen molar-refractivity contribution in [2.45, 2.75) is 25.9 Å². The van der Waals surface area contributed by atoms with Crippen LogP contribution in [0.4, 0.5) is 5.95 Å². The summed E-state index contributed by atoms with van der Waals surface area (Å²) < 4.78 is 2.19. The lowest BCUT2D eigenvalue weighted by Crippen LogP contribution is -2.37. The molecule has 2 aliphatic rings. The minimum absolute atomic E-state index is 0.280. The van der Waals surface area contributed by atoms with Gasteiger partial charge in [-0.25, -0.2) is 15.0 Å². The molecule has 0 bridgehead atoms. The van der Waals surface area contributed by atoms with Crippen molar-refractivity contribution in [3.8, 4) is 0 Å². The van der Waals surface area contributed by atoms with E-state index in [9.17, 15) is 4.79 Å². The predicted octanol–water partition coefficient (Wildman–Crippen LogP) is 0.932. The minimum Gasteiger partial charge on any atom is -0.342 e. The number of anilines is 1. The lowest BCUT2D eigenvalue weighted by molar-refractivity contribution is -0.128. The number of rotatable bonds is 3. The molecule has 23 heavy (non-hydrogen) atoms. The molecule has 1 amide bonds. The van der Waals surface area contributed by atoms with Crippen molar-refractivity contribution in [3.63, 3.8) is 0 Å². The van der Waals surface area contributed by atoms with E-state index in [1.54, 1.807) is 12.4 Å². The molecule has 2 aromatic heterocycles. The highest BCUT2D eigenvalue weighted by Crippen LogP contribution is 2.21. The van der Waals surface area contributed by atoms with Crippen LogP contribution in [0.2, 0.25) is 0 Å². The fourth-order valence-corrected chi connectivity index (χ4v) is 3.47. The van der Waals surface area contributed by atoms with E-state index < -0.39 is 0 Å². The van der Waals surface area contributed by atoms with Crippen molar-refractivity contribution in [3.05, 3.63) is 36.7 Å². The van der Waals surface area contributed by atoms with Crippen LogP contribution in [0, 0.1) is 5.92 Å². The molecule has 1 fully saturated rings. The highest BCUT2D eigenvalue weighted by Gasteiger charge is 2.28. The third kappa shape index (κ3) is 2.91. The molecule has 0 N–H and O–H groups in total. The van der Waals surface area contributed by atoms with E-state index in [1.807, 2.05) is 23.4 Å². The first kappa shape index (κ1) is 14.2. The standard InChI is InChI=1S/C16H20N6O/c23-15-3-1-7-21(15)10-13-9-20-8-6-17-14(20)12-22(11-13)16-18-4-2-5-19-16/h2,4-6,8,13H,1,3,7,9-12H2. The van der Waals surface area contributed by atoms with Gasteiger partial charge in [-0.3, -0.25) is 4.79 Å². The number of hydrogen-bond donors (Lipinski definition) is 0. The number of nitrogens with zero attached hydrogens (tertiary/aromatic N) is 6. The molecule has 120 valence electrons. The number of aromatic nitrogens is 4. The largest absolute Gasteiger partial charge is 0.342 e. The fourth-order valence-electron chi connectivity index (χ4n) is 3.47. The number of hydrogen-bond acceptors (Lipinski definition) is 5. The Labute approximate surface area is 135 Å². The molecule has 1 atom stereocenters. The van der Waals surface area contributed by atoms with Crippen molar-refractivity contribution >= 4 is 11.9 Å². The van der Waals surface area contributed by atoms with E-state index in [2.05, 4.69) is 24.4 Å². The third-order valence-electron chi connectivity index (χ3n) is 4.55. The number of carbonyl (C=O) groups excluding carboxylic acids is 1. The van der Waals surface area contributed by atoms with E-state index in [-0.39, 0.29) is 5.91 Å². The van der Waals surface area contributed by atoms with Crippen LogP contribution in [-0.4, -0.2) is 50.0 Å². The second kappa shape index (κ2) is 5.98. The van der Waals surface area contributed by atoms with Crippen LogP contribution >= 0.6 is 0 Å². The first-order valence-corrected chi connectivity index (χ1v) is 8.09. The first-order chi connectivity index (χ1) is 11.3. The molecule has 1 unspecified atom stereocenters. The summed E-state index contributed by atoms with van der Waals surface area (Å²) in [4.78, 5) is 29.3. The Morgan fingerprint density at radius 1 is 1.13 bits per heavy atom. The summed E-state index contributed by atoms with van der Waals surface area (Å²) in [5.41, 5.74) is 0. The molecule has 0 radical (unpaired) electrons. The van der Waals surface area contributed by atoms with Crippen LogP contribution in [0.25, 0.3) is 0 Å². The van der Waals surface area contributed by atoms with Crippen molar-refractivity contribution in [2.75, 3.05) is 24.5 Å². The molecule has 7 nitrogen and oxygen atoms in total. The van der Waals surface area contributed by atoms with Gasteiger partial charge in [-0.05, 0) is 12.5 Å². The highest BCUT2D eigenvalue weighted by atomic mass is 16.2. The molecular weight excluding hydrogens is 292 g/mol. The van der Waals surface area contributed by atoms with Gasteiger partial charge in [0.2, 0.25) is 11.9 Å². The molecule has 0 aromatic carbocycles. The smallest absolute Gasteiger partial charge is 0.225 e. The van der Waals surface area contributed by atoms with Gasteiger partial charge < -0.3 is 14.4 Å². The molecule has 7 heteroatoms. The predicted molar refractivity (Wildman–Crippen MR) is 84.6 cm³/mol. The summed E-state index contributed by atoms with van der Waals surface area (Å²) in [6.45, 7) is 4.08. The van der Waals surface area contributed by atoms with Gasteiger partial charge in [0.25, 0.3) is 0 Å². The number of fused-ring (bicyclic) bond motifs is 1. The SMILES string of the molecule is O=C1CCCN1CC1CN(c2ncccn2)Cc2nccn2C1. The van der Waals surface area contributed by atoms with Gasteiger partial charge in [0.1, 0.15) is 5.82 Å². The Morgan fingerprint density at radius 2 is 2.00 bits per heavy atom. The minimum atomic E-state index is 0.280. The Bertz CT molecular complexity index is 685. The highest BCUT2D eigenvalue weighted by molar-refractivity contribution is 5.78. The zero-order valence-corrected chi connectivity index (χ0v) is 13.0. The van der Waals surface area contributed by atoms with Crippen LogP contribution in [0.3, 0.4) is 0 Å². The lowest BCUT2D eigenvalue weighted by atomic mass is 10.1. The Kier molecular flexibility index (Phi) is 3.69. The van der Waals surface area contributed by atoms with Crippen molar-refractivity contribution in [2.24, 2.45) is 5.92 Å². The van der Waals surface area contributed by atoms with Gasteiger partial charge in [-0.1, -0.05) is 0 Å². The van der Waals surface area contributed by atoms with Gasteiger partial charge >= 0.3 is 0 Å². The molecule has 4 heterocycles. The molecule has 0 spiro atoms. The average molecular weight is 312 g/mol. The summed E-state index contributed by atoms with van der Waals surface area (Å²) >= 11 is 0. The van der Waals surface area contributed by atoms with E-state index in [4.69, 9.17) is 0 Å². The second-order valence-corrected chi connectivity index (χ2v) is 6.23. The topological polar surface area (TPSA) is 67.2 Å². The molecule has 2 aromatic rings. The summed E-state index contributed by atoms with van der Waals surface area (Å²) in [5.74, 6) is 2.37. The monoisotopic (exact) mass is 312 g/mol. The van der Waals surface area contributed by atoms with E-state index in [1.165, 1.54) is 0 Å². The fraction of sp³-hybridized carbons (Fsp3) is 0.500. The molecule has 4 rings (SSSR count). The lowest BCUT2D eigenvalue weighted by Gasteiger charge is -2.27. The number of likely N-dealkylation sites (tertiary alicyclic amines) is 1. The van der Waals surface area contributed by atoms with E-state index >= 15 is 0 Å². The maximum absolute atomic E-state index is 11.9. The number of carbonyl (C=O) groups is 1. The summed E-state index contributed by atoms with van der Waals surface area (Å²) in [7, 11) is 0. The summed E-state index contributed by atoms with van der Waals surface area (Å²) in [6, 6.07) is 1.82. The maximum Gasteiger partial charge on any atom is 0.225 e. The molecule has 0 saturated carbocycles. The molecule has 1 saturated heterocycles. The van der Waals surface area contributed by atoms with Gasteiger partial charge in [-0.15, -0.1) is 0 Å². The Balaban J connectivity index is 1.58. The first-order valence-electron chi connectivity index (χ1n) is 8.09. The summed E-state index contributed by atoms with van der Waals surface area (Å²) in [6.07, 6.45) is 9.05. The van der Waals surface area contributed by atoms with Crippen LogP contribution < -0.4 is 4.90 Å². The normalized spacial score (nSPS) is 21.4. The average Bonchev–Trinajstić information content (AvgIpc) is 3.13. The van der Waals surface area contributed by atoms with Crippen molar-refractivity contribution in [1.82, 2.24) is 24.4 Å². The van der Waals surface area contributed by atoms with Gasteiger partial charge in [0, 0.05) is 63.3 Å². The van der Waals surface area contributed by atoms with Crippen molar-refractivity contribution < 1.29 is 4.79 Å². The molecule has 0 aliphatic carbocycles. The Morgan fingerprint density at radius 3 is 2.78 bits per heavy atom. The second-order valence-electron chi connectivity index (χ2n) is 6.23. The van der Waals surface area contributed by atoms with Crippen LogP contribution in [0.5, 0.6) is 0 Å². The van der Waals surface area contributed by atoms with E-state index in [0.29, 0.717) is 18.9 Å². The van der Waals surface area contributed by atoms with Crippen LogP contribution in [0.15, 0.2) is 30.9 Å². The summed E-state index contributed by atoms with van der Waals surface area (Å²) in [5, 5.41) is 0. The quantitative estimate of drug-likeness (QED) is 0.843. The molecule has 2 aliphatic heterocycles. The van der Waals surface area contributed by atoms with Crippen LogP contribution in [0.1, 0.15) is 18.7 Å². The molecular formula is C16H20N6O. The number of amides is 1.